The molecular formula is C13H17FN2O3. The summed E-state index contributed by atoms with van der Waals surface area (Å²) in [7, 11) is 0. The highest BCUT2D eigenvalue weighted by Crippen LogP contribution is 2.16. The number of aromatic carboxylic acids is 1. The third kappa shape index (κ3) is 4.95. The molecule has 0 heterocycles. The third-order valence-corrected chi connectivity index (χ3v) is 2.24. The van der Waals surface area contributed by atoms with E-state index in [0.29, 0.717) is 6.54 Å². The van der Waals surface area contributed by atoms with Gasteiger partial charge in [-0.2, -0.15) is 0 Å². The van der Waals surface area contributed by atoms with Crippen LogP contribution in [0.2, 0.25) is 0 Å². The summed E-state index contributed by atoms with van der Waals surface area (Å²) in [6.45, 7) is 6.30. The highest BCUT2D eigenvalue weighted by atomic mass is 19.1. The Labute approximate surface area is 110 Å². The van der Waals surface area contributed by atoms with Crippen molar-refractivity contribution in [3.8, 4) is 0 Å². The molecule has 0 radical (unpaired) electrons. The topological polar surface area (TPSA) is 78.4 Å². The summed E-state index contributed by atoms with van der Waals surface area (Å²) in [5.74, 6) is -2.01. The van der Waals surface area contributed by atoms with E-state index < -0.39 is 17.8 Å². The first-order valence-electron chi connectivity index (χ1n) is 5.77. The second kappa shape index (κ2) is 5.69. The number of nitrogens with one attached hydrogen (secondary N) is 2. The molecule has 2 amide bonds. The van der Waals surface area contributed by atoms with E-state index in [1.54, 1.807) is 0 Å². The number of carboxylic acids is 1. The van der Waals surface area contributed by atoms with Crippen molar-refractivity contribution in [3.63, 3.8) is 0 Å². The molecule has 3 N–H and O–H groups in total. The first kappa shape index (κ1) is 14.9. The molecule has 0 atom stereocenters. The lowest BCUT2D eigenvalue weighted by atomic mass is 9.97. The van der Waals surface area contributed by atoms with E-state index in [4.69, 9.17) is 5.11 Å². The number of hydrogen-bond donors (Lipinski definition) is 3. The number of urea groups is 1. The summed E-state index contributed by atoms with van der Waals surface area (Å²) in [6.07, 6.45) is 0. The highest BCUT2D eigenvalue weighted by molar-refractivity contribution is 5.91. The van der Waals surface area contributed by atoms with Crippen LogP contribution in [0.4, 0.5) is 14.9 Å². The van der Waals surface area contributed by atoms with Crippen molar-refractivity contribution in [1.82, 2.24) is 5.32 Å². The first-order chi connectivity index (χ1) is 8.69. The van der Waals surface area contributed by atoms with Crippen LogP contribution in [0.25, 0.3) is 0 Å². The maximum absolute atomic E-state index is 13.5. The van der Waals surface area contributed by atoms with Crippen molar-refractivity contribution in [1.29, 1.82) is 0 Å². The number of halogens is 1. The van der Waals surface area contributed by atoms with Gasteiger partial charge in [0.1, 0.15) is 5.82 Å². The van der Waals surface area contributed by atoms with E-state index >= 15 is 0 Å². The number of amides is 2. The molecule has 0 saturated carbocycles. The minimum atomic E-state index is -1.22. The van der Waals surface area contributed by atoms with E-state index in [2.05, 4.69) is 10.6 Å². The number of anilines is 1. The second-order valence-corrected chi connectivity index (χ2v) is 5.37. The van der Waals surface area contributed by atoms with Crippen LogP contribution in [0.1, 0.15) is 31.1 Å². The zero-order chi connectivity index (χ0) is 14.6. The van der Waals surface area contributed by atoms with Crippen LogP contribution in [-0.4, -0.2) is 23.7 Å². The maximum Gasteiger partial charge on any atom is 0.335 e. The number of hydrogen-bond acceptors (Lipinski definition) is 2. The van der Waals surface area contributed by atoms with E-state index in [0.717, 1.165) is 6.07 Å². The van der Waals surface area contributed by atoms with E-state index in [-0.39, 0.29) is 16.7 Å². The summed E-state index contributed by atoms with van der Waals surface area (Å²) in [6, 6.07) is 2.78. The van der Waals surface area contributed by atoms with E-state index in [9.17, 15) is 14.0 Å². The molecule has 1 rings (SSSR count). The summed E-state index contributed by atoms with van der Waals surface area (Å²) in [5.41, 5.74) is -0.308. The minimum Gasteiger partial charge on any atom is -0.478 e. The Hall–Kier alpha value is -2.11. The van der Waals surface area contributed by atoms with Crippen molar-refractivity contribution in [2.45, 2.75) is 20.8 Å². The van der Waals surface area contributed by atoms with Crippen LogP contribution >= 0.6 is 0 Å². The molecule has 0 fully saturated rings. The van der Waals surface area contributed by atoms with Crippen LogP contribution in [0.5, 0.6) is 0 Å². The van der Waals surface area contributed by atoms with Crippen LogP contribution in [-0.2, 0) is 0 Å². The van der Waals surface area contributed by atoms with E-state index in [1.807, 2.05) is 20.8 Å². The standard InChI is InChI=1S/C13H17FN2O3/c1-13(2,3)7-15-12(19)16-10-5-4-8(11(17)18)6-9(10)14/h4-6H,7H2,1-3H3,(H,17,18)(H2,15,16,19). The lowest BCUT2D eigenvalue weighted by Gasteiger charge is -2.19. The molecular weight excluding hydrogens is 251 g/mol. The van der Waals surface area contributed by atoms with Gasteiger partial charge in [-0.1, -0.05) is 20.8 Å². The van der Waals surface area contributed by atoms with Gasteiger partial charge in [-0.15, -0.1) is 0 Å². The Morgan fingerprint density at radius 3 is 2.42 bits per heavy atom. The van der Waals surface area contributed by atoms with Crippen LogP contribution in [0.15, 0.2) is 18.2 Å². The lowest BCUT2D eigenvalue weighted by molar-refractivity contribution is 0.0696. The fourth-order valence-electron chi connectivity index (χ4n) is 1.26. The Balaban J connectivity index is 2.67. The molecule has 0 spiro atoms. The number of rotatable bonds is 3. The molecule has 1 aromatic carbocycles. The number of carboxylic acid groups (broad SMARTS) is 1. The van der Waals surface area contributed by atoms with Crippen molar-refractivity contribution in [2.75, 3.05) is 11.9 Å². The molecule has 5 nitrogen and oxygen atoms in total. The monoisotopic (exact) mass is 268 g/mol. The SMILES string of the molecule is CC(C)(C)CNC(=O)Nc1ccc(C(=O)O)cc1F. The predicted octanol–water partition coefficient (Wildman–Crippen LogP) is 2.69. The molecule has 0 aliphatic rings. The quantitative estimate of drug-likeness (QED) is 0.788. The van der Waals surface area contributed by atoms with Crippen molar-refractivity contribution >= 4 is 17.7 Å². The van der Waals surface area contributed by atoms with Gasteiger partial charge < -0.3 is 15.7 Å². The highest BCUT2D eigenvalue weighted by Gasteiger charge is 2.14. The average Bonchev–Trinajstić information content (AvgIpc) is 2.28. The fourth-order valence-corrected chi connectivity index (χ4v) is 1.26. The average molecular weight is 268 g/mol. The largest absolute Gasteiger partial charge is 0.478 e. The molecule has 0 aromatic heterocycles. The Morgan fingerprint density at radius 1 is 1.32 bits per heavy atom. The summed E-state index contributed by atoms with van der Waals surface area (Å²) >= 11 is 0. The van der Waals surface area contributed by atoms with Gasteiger partial charge in [0, 0.05) is 6.54 Å². The normalized spacial score (nSPS) is 10.9. The van der Waals surface area contributed by atoms with Gasteiger partial charge in [0.05, 0.1) is 11.3 Å². The molecule has 19 heavy (non-hydrogen) atoms. The van der Waals surface area contributed by atoms with Gasteiger partial charge in [-0.25, -0.2) is 14.0 Å². The molecule has 1 aromatic rings. The van der Waals surface area contributed by atoms with Crippen LogP contribution in [0, 0.1) is 11.2 Å². The van der Waals surface area contributed by atoms with Gasteiger partial charge in [0.25, 0.3) is 0 Å². The first-order valence-corrected chi connectivity index (χ1v) is 5.77. The summed E-state index contributed by atoms with van der Waals surface area (Å²) in [5, 5.41) is 13.6. The van der Waals surface area contributed by atoms with Crippen LogP contribution < -0.4 is 10.6 Å². The van der Waals surface area contributed by atoms with Crippen molar-refractivity contribution in [2.24, 2.45) is 5.41 Å². The smallest absolute Gasteiger partial charge is 0.335 e. The number of benzene rings is 1. The van der Waals surface area contributed by atoms with E-state index in [1.165, 1.54) is 12.1 Å². The molecule has 0 bridgehead atoms. The van der Waals surface area contributed by atoms with Crippen LogP contribution in [0.3, 0.4) is 0 Å². The van der Waals surface area contributed by atoms with Gasteiger partial charge in [0.2, 0.25) is 0 Å². The number of carbonyl (C=O) groups is 2. The second-order valence-electron chi connectivity index (χ2n) is 5.37. The lowest BCUT2D eigenvalue weighted by Crippen LogP contribution is -2.35. The third-order valence-electron chi connectivity index (χ3n) is 2.24. The molecule has 104 valence electrons. The summed E-state index contributed by atoms with van der Waals surface area (Å²) in [4.78, 5) is 22.2. The molecule has 0 aliphatic carbocycles. The summed E-state index contributed by atoms with van der Waals surface area (Å²) < 4.78 is 13.5. The molecule has 6 heteroatoms. The maximum atomic E-state index is 13.5. The molecule has 0 saturated heterocycles. The zero-order valence-electron chi connectivity index (χ0n) is 11.1. The molecule has 0 unspecified atom stereocenters. The minimum absolute atomic E-state index is 0.0589. The Bertz CT molecular complexity index is 495. The van der Waals surface area contributed by atoms with Crippen molar-refractivity contribution < 1.29 is 19.1 Å². The van der Waals surface area contributed by atoms with Gasteiger partial charge in [0.15, 0.2) is 0 Å². The predicted molar refractivity (Wildman–Crippen MR) is 69.8 cm³/mol. The Morgan fingerprint density at radius 2 is 1.95 bits per heavy atom. The van der Waals surface area contributed by atoms with Gasteiger partial charge in [-0.3, -0.25) is 0 Å². The number of carbonyl (C=O) groups excluding carboxylic acids is 1. The fraction of sp³-hybridized carbons (Fsp3) is 0.385. The Kier molecular flexibility index (Phi) is 4.47. The van der Waals surface area contributed by atoms with Crippen molar-refractivity contribution in [3.05, 3.63) is 29.6 Å². The van der Waals surface area contributed by atoms with Gasteiger partial charge >= 0.3 is 12.0 Å². The molecule has 0 aliphatic heterocycles. The zero-order valence-corrected chi connectivity index (χ0v) is 11.1. The van der Waals surface area contributed by atoms with Gasteiger partial charge in [-0.05, 0) is 23.6 Å².